The van der Waals surface area contributed by atoms with Crippen molar-refractivity contribution < 1.29 is 19.4 Å². The molecule has 0 amide bonds. The molecule has 294 valence electrons. The van der Waals surface area contributed by atoms with Crippen molar-refractivity contribution in [1.82, 2.24) is 25.5 Å². The Hall–Kier alpha value is -2.04. The van der Waals surface area contributed by atoms with Crippen molar-refractivity contribution in [2.75, 3.05) is 32.1 Å². The van der Waals surface area contributed by atoms with Gasteiger partial charge < -0.3 is 25.6 Å². The van der Waals surface area contributed by atoms with E-state index in [0.29, 0.717) is 49.4 Å². The van der Waals surface area contributed by atoms with E-state index in [0.717, 1.165) is 51.5 Å². The molecule has 6 rings (SSSR count). The third-order valence-corrected chi connectivity index (χ3v) is 16.9. The van der Waals surface area contributed by atoms with Crippen LogP contribution < -0.4 is 11.1 Å². The second-order valence-electron chi connectivity index (χ2n) is 20.5. The van der Waals surface area contributed by atoms with Crippen LogP contribution in [0.15, 0.2) is 11.6 Å². The van der Waals surface area contributed by atoms with Crippen molar-refractivity contribution in [2.45, 2.75) is 146 Å². The van der Waals surface area contributed by atoms with Crippen LogP contribution in [0, 0.1) is 68.5 Å². The minimum absolute atomic E-state index is 0.149. The van der Waals surface area contributed by atoms with Crippen LogP contribution in [0.1, 0.15) is 134 Å². The van der Waals surface area contributed by atoms with E-state index in [1.165, 1.54) is 5.57 Å². The summed E-state index contributed by atoms with van der Waals surface area (Å²) in [6, 6.07) is -0.170. The molecule has 10 heteroatoms. The summed E-state index contributed by atoms with van der Waals surface area (Å²) in [5.41, 5.74) is 6.13. The van der Waals surface area contributed by atoms with Gasteiger partial charge >= 0.3 is 5.97 Å². The Labute approximate surface area is 314 Å². The molecule has 0 aromatic carbocycles. The van der Waals surface area contributed by atoms with Gasteiger partial charge in [-0.1, -0.05) is 92.9 Å². The van der Waals surface area contributed by atoms with E-state index in [2.05, 4.69) is 110 Å². The number of nitrogens with zero attached hydrogens (tertiary/aromatic N) is 4. The zero-order valence-corrected chi connectivity index (χ0v) is 34.6. The first-order valence-electron chi connectivity index (χ1n) is 20.6. The third-order valence-electron chi connectivity index (χ3n) is 16.9. The largest absolute Gasteiger partial charge is 0.481 e. The smallest absolute Gasteiger partial charge is 0.307 e. The van der Waals surface area contributed by atoms with Crippen LogP contribution in [-0.4, -0.2) is 69.3 Å². The van der Waals surface area contributed by atoms with Gasteiger partial charge in [0.15, 0.2) is 0 Å². The number of hydrogen-bond donors (Lipinski definition) is 3. The van der Waals surface area contributed by atoms with Gasteiger partial charge in [-0.25, -0.2) is 0 Å². The standard InChI is InChI=1S/C42H72N6O4/c1-25(2)16-20-44-41(12,27(5)6)23-52-34-31(48-46-36(43)45-47-48)21-42-24-51-22-38(34,9)32(42)14-13-29-30(42)15-17-40(11)33(35(49)50)37(8,28(7)26(3)4)18-19-39(29,40)10/h15,25-29,31-34,44H,13-14,16-24H2,1-12H3,(H2,43,46)(H,49,50)/t28-,29+,31-,32+,33-,34+,37-,38+,39-,40+,41-,42?/m1/s1. The lowest BCUT2D eigenvalue weighted by atomic mass is 9.34. The van der Waals surface area contributed by atoms with Crippen molar-refractivity contribution in [3.8, 4) is 0 Å². The van der Waals surface area contributed by atoms with E-state index in [9.17, 15) is 9.90 Å². The Bertz CT molecular complexity index is 1510. The summed E-state index contributed by atoms with van der Waals surface area (Å²) < 4.78 is 14.0. The number of fused-ring (bicyclic) bond motifs is 3. The monoisotopic (exact) mass is 725 g/mol. The SMILES string of the molecule is CC(C)CCN[C@](C)(CO[C@H]1[C@H](n2nnc(N)n2)CC23COC[C@@]1(C)[C@@H]2CC[C@H]1C3=CC[C@@]2(C)[C@H](C(=O)O)[C@@](C)([C@H](C)C(C)C)CC[C@]12C)C(C)C. The van der Waals surface area contributed by atoms with Gasteiger partial charge in [-0.2, -0.15) is 4.80 Å². The van der Waals surface area contributed by atoms with Crippen molar-refractivity contribution in [3.05, 3.63) is 11.6 Å². The molecule has 4 aliphatic carbocycles. The highest BCUT2D eigenvalue weighted by molar-refractivity contribution is 5.73. The second kappa shape index (κ2) is 13.6. The van der Waals surface area contributed by atoms with Gasteiger partial charge in [0.2, 0.25) is 0 Å². The maximum absolute atomic E-state index is 13.5. The maximum atomic E-state index is 13.5. The number of hydrogen-bond acceptors (Lipinski definition) is 8. The number of tetrazole rings is 1. The third kappa shape index (κ3) is 5.89. The molecule has 4 N–H and O–H groups in total. The number of aliphatic carboxylic acids is 1. The van der Waals surface area contributed by atoms with Gasteiger partial charge in [0, 0.05) is 16.4 Å². The number of allylic oxidation sites excluding steroid dienone is 1. The molecule has 1 saturated heterocycles. The fraction of sp³-hybridized carbons (Fsp3) is 0.905. The lowest BCUT2D eigenvalue weighted by molar-refractivity contribution is -0.254. The zero-order chi connectivity index (χ0) is 38.2. The number of nitrogens with two attached hydrogens (primary N) is 1. The second-order valence-corrected chi connectivity index (χ2v) is 20.5. The van der Waals surface area contributed by atoms with Crippen molar-refractivity contribution in [1.29, 1.82) is 0 Å². The number of nitrogens with one attached hydrogen (secondary N) is 1. The molecule has 10 nitrogen and oxygen atoms in total. The van der Waals surface area contributed by atoms with Gasteiger partial charge in [-0.05, 0) is 115 Å². The van der Waals surface area contributed by atoms with Crippen LogP contribution in [0.3, 0.4) is 0 Å². The minimum Gasteiger partial charge on any atom is -0.481 e. The molecule has 12 atom stereocenters. The summed E-state index contributed by atoms with van der Waals surface area (Å²) >= 11 is 0. The van der Waals surface area contributed by atoms with Crippen molar-refractivity contribution in [3.63, 3.8) is 0 Å². The van der Waals surface area contributed by atoms with Crippen LogP contribution in [0.5, 0.6) is 0 Å². The van der Waals surface area contributed by atoms with E-state index in [-0.39, 0.29) is 56.6 Å². The number of anilines is 1. The Kier molecular flexibility index (Phi) is 10.4. The molecule has 2 heterocycles. The van der Waals surface area contributed by atoms with Gasteiger partial charge in [0.1, 0.15) is 6.04 Å². The molecule has 0 radical (unpaired) electrons. The van der Waals surface area contributed by atoms with Crippen LogP contribution in [0.4, 0.5) is 5.95 Å². The maximum Gasteiger partial charge on any atom is 0.307 e. The van der Waals surface area contributed by atoms with Crippen molar-refractivity contribution in [2.24, 2.45) is 68.5 Å². The number of nitrogen functional groups attached to an aromatic ring is 1. The molecule has 1 aromatic rings. The van der Waals surface area contributed by atoms with Gasteiger partial charge in [0.25, 0.3) is 5.95 Å². The quantitative estimate of drug-likeness (QED) is 0.184. The molecule has 1 aliphatic heterocycles. The first kappa shape index (κ1) is 39.6. The first-order chi connectivity index (χ1) is 24.2. The highest BCUT2D eigenvalue weighted by atomic mass is 16.5. The summed E-state index contributed by atoms with van der Waals surface area (Å²) in [7, 11) is 0. The lowest BCUT2D eigenvalue weighted by Gasteiger charge is -2.71. The number of ether oxygens (including phenoxy) is 2. The summed E-state index contributed by atoms with van der Waals surface area (Å²) in [6.07, 6.45) is 9.08. The normalized spacial score (nSPS) is 41.9. The number of carboxylic acid groups (broad SMARTS) is 1. The number of aromatic nitrogens is 4. The summed E-state index contributed by atoms with van der Waals surface area (Å²) in [5, 5.41) is 28.3. The van der Waals surface area contributed by atoms with Crippen LogP contribution in [0.2, 0.25) is 0 Å². The lowest BCUT2D eigenvalue weighted by Crippen LogP contribution is -2.69. The summed E-state index contributed by atoms with van der Waals surface area (Å²) in [4.78, 5) is 15.3. The summed E-state index contributed by atoms with van der Waals surface area (Å²) in [5.74, 6) is 1.50. The highest BCUT2D eigenvalue weighted by Gasteiger charge is 2.72. The Morgan fingerprint density at radius 1 is 1.10 bits per heavy atom. The molecule has 1 aromatic heterocycles. The molecule has 3 saturated carbocycles. The fourth-order valence-electron chi connectivity index (χ4n) is 12.8. The van der Waals surface area contributed by atoms with Gasteiger partial charge in [0.05, 0.1) is 31.8 Å². The molecular weight excluding hydrogens is 653 g/mol. The molecular formula is C42H72N6O4. The predicted molar refractivity (Wildman–Crippen MR) is 205 cm³/mol. The Morgan fingerprint density at radius 2 is 1.81 bits per heavy atom. The molecule has 2 bridgehead atoms. The Morgan fingerprint density at radius 3 is 2.40 bits per heavy atom. The van der Waals surface area contributed by atoms with E-state index < -0.39 is 11.9 Å². The van der Waals surface area contributed by atoms with Gasteiger partial charge in [-0.15, -0.1) is 5.10 Å². The molecule has 0 spiro atoms. The highest BCUT2D eigenvalue weighted by Crippen LogP contribution is 2.75. The van der Waals surface area contributed by atoms with Crippen LogP contribution in [-0.2, 0) is 14.3 Å². The van der Waals surface area contributed by atoms with E-state index >= 15 is 0 Å². The zero-order valence-electron chi connectivity index (χ0n) is 34.6. The summed E-state index contributed by atoms with van der Waals surface area (Å²) in [6.45, 7) is 30.4. The predicted octanol–water partition coefficient (Wildman–Crippen LogP) is 7.82. The topological polar surface area (TPSA) is 137 Å². The van der Waals surface area contributed by atoms with E-state index in [4.69, 9.17) is 15.2 Å². The number of rotatable bonds is 12. The Balaban J connectivity index is 1.40. The number of carboxylic acids is 1. The minimum atomic E-state index is -0.625. The molecule has 4 fully saturated rings. The molecule has 1 unspecified atom stereocenters. The van der Waals surface area contributed by atoms with E-state index in [1.807, 2.05) is 0 Å². The van der Waals surface area contributed by atoms with Crippen molar-refractivity contribution >= 4 is 11.9 Å². The fourth-order valence-corrected chi connectivity index (χ4v) is 12.8. The van der Waals surface area contributed by atoms with Crippen LogP contribution >= 0.6 is 0 Å². The average molecular weight is 725 g/mol. The number of carbonyl (C=O) groups is 1. The first-order valence-corrected chi connectivity index (χ1v) is 20.6. The van der Waals surface area contributed by atoms with E-state index in [1.54, 1.807) is 4.80 Å². The average Bonchev–Trinajstić information content (AvgIpc) is 3.49. The van der Waals surface area contributed by atoms with Crippen LogP contribution in [0.25, 0.3) is 0 Å². The molecule has 52 heavy (non-hydrogen) atoms. The molecule has 5 aliphatic rings. The van der Waals surface area contributed by atoms with Gasteiger partial charge in [-0.3, -0.25) is 4.79 Å².